The molecule has 1 aromatic rings. The second kappa shape index (κ2) is 5.37. The smallest absolute Gasteiger partial charge is 0.683 e. The van der Waals surface area contributed by atoms with Crippen molar-refractivity contribution < 1.29 is 14.7 Å². The predicted molar refractivity (Wildman–Crippen MR) is 54.2 cm³/mol. The Morgan fingerprint density at radius 2 is 1.31 bits per heavy atom. The first-order chi connectivity index (χ1) is 5.39. The van der Waals surface area contributed by atoms with Gasteiger partial charge in [0.2, 0.25) is 0 Å². The molecule has 0 saturated carbocycles. The van der Waals surface area contributed by atoms with Gasteiger partial charge in [-0.05, 0) is 18.2 Å². The van der Waals surface area contributed by atoms with Crippen LogP contribution < -0.4 is 20.0 Å². The van der Waals surface area contributed by atoms with Crippen LogP contribution in [0.4, 0.5) is 0 Å². The topological polar surface area (TPSA) is 69.2 Å². The summed E-state index contributed by atoms with van der Waals surface area (Å²) in [5, 5.41) is -0.219. The molecule has 3 nitrogen and oxygen atoms in total. The predicted octanol–water partition coefficient (Wildman–Crippen LogP) is -0.700. The minimum Gasteiger partial charge on any atom is -0.683 e. The van der Waals surface area contributed by atoms with Crippen LogP contribution in [0.1, 0.15) is 0 Å². The second-order valence-corrected chi connectivity index (χ2v) is 5.47. The maximum absolute atomic E-state index is 10.6. The molecular weight excluding hydrogens is 335 g/mol. The number of rotatable bonds is 1. The van der Waals surface area contributed by atoms with Gasteiger partial charge in [-0.25, -0.2) is 0 Å². The van der Waals surface area contributed by atoms with Crippen molar-refractivity contribution in [2.45, 2.75) is 0 Å². The Hall–Kier alpha value is 1.26. The molecule has 13 heavy (non-hydrogen) atoms. The summed E-state index contributed by atoms with van der Waals surface area (Å²) < 4.78 is 1.11. The molecule has 0 saturated heterocycles. The summed E-state index contributed by atoms with van der Waals surface area (Å²) in [5.74, 6) is 0. The van der Waals surface area contributed by atoms with Crippen LogP contribution in [0.5, 0.6) is 0 Å². The van der Waals surface area contributed by atoms with Crippen molar-refractivity contribution in [2.24, 2.45) is 0 Å². The molecule has 66 valence electrons. The molecule has 0 heterocycles. The zero-order valence-corrected chi connectivity index (χ0v) is 11.8. The largest absolute Gasteiger partial charge is 2.00 e. The third-order valence-corrected chi connectivity index (χ3v) is 2.97. The van der Waals surface area contributed by atoms with E-state index in [-0.39, 0.29) is 28.4 Å². The quantitative estimate of drug-likeness (QED) is 0.502. The molecule has 7 heteroatoms. The fourth-order valence-electron chi connectivity index (χ4n) is 0.697. The molecule has 1 aromatic carbocycles. The summed E-state index contributed by atoms with van der Waals surface area (Å²) in [6.45, 7) is 0. The maximum atomic E-state index is 10.6. The van der Waals surface area contributed by atoms with Crippen LogP contribution in [-0.2, 0) is 0 Å². The van der Waals surface area contributed by atoms with Gasteiger partial charge < -0.3 is 14.7 Å². The minimum atomic E-state index is -4.63. The third-order valence-electron chi connectivity index (χ3n) is 1.16. The van der Waals surface area contributed by atoms with Crippen molar-refractivity contribution in [3.63, 3.8) is 0 Å². The standard InChI is InChI=1S/C6H5Br2O3P.Mg/c7-4-1-5(8)3-6(2-4)12(9,10)11;/h1-3H,(H2,9,10,11);/q;+2/p-2. The summed E-state index contributed by atoms with van der Waals surface area (Å²) in [4.78, 5) is 31.7. The molecular formula is C6H3Br2MgO3P. The van der Waals surface area contributed by atoms with Crippen LogP contribution in [0.3, 0.4) is 0 Å². The molecule has 0 N–H and O–H groups in total. The Kier molecular flexibility index (Phi) is 5.89. The van der Waals surface area contributed by atoms with Gasteiger partial charge in [0.05, 0.1) is 5.30 Å². The second-order valence-electron chi connectivity index (χ2n) is 2.13. The maximum Gasteiger partial charge on any atom is 2.00 e. The molecule has 0 aliphatic heterocycles. The molecule has 0 spiro atoms. The van der Waals surface area contributed by atoms with Gasteiger partial charge in [0.15, 0.2) is 0 Å². The van der Waals surface area contributed by atoms with Gasteiger partial charge in [0.1, 0.15) is 0 Å². The van der Waals surface area contributed by atoms with E-state index in [0.717, 1.165) is 0 Å². The summed E-state index contributed by atoms with van der Waals surface area (Å²) in [5.41, 5.74) is 0. The first-order valence-electron chi connectivity index (χ1n) is 2.88. The van der Waals surface area contributed by atoms with Gasteiger partial charge in [-0.1, -0.05) is 31.9 Å². The van der Waals surface area contributed by atoms with Crippen molar-refractivity contribution >= 4 is 68.2 Å². The van der Waals surface area contributed by atoms with Crippen LogP contribution >= 0.6 is 39.8 Å². The van der Waals surface area contributed by atoms with Gasteiger partial charge >= 0.3 is 23.1 Å². The van der Waals surface area contributed by atoms with Gasteiger partial charge in [0.25, 0.3) is 0 Å². The van der Waals surface area contributed by atoms with E-state index < -0.39 is 7.94 Å². The summed E-state index contributed by atoms with van der Waals surface area (Å²) in [6.07, 6.45) is 0. The van der Waals surface area contributed by atoms with E-state index in [1.165, 1.54) is 12.1 Å². The average Bonchev–Trinajstić information content (AvgIpc) is 1.82. The summed E-state index contributed by atoms with van der Waals surface area (Å²) >= 11 is 6.15. The van der Waals surface area contributed by atoms with Crippen LogP contribution in [0.25, 0.3) is 0 Å². The SMILES string of the molecule is [Mg+2].[O-][P+]([O-])([O-])c1cc(Br)cc(Br)c1. The third kappa shape index (κ3) is 4.53. The Morgan fingerprint density at radius 3 is 1.62 bits per heavy atom. The number of benzene rings is 1. The van der Waals surface area contributed by atoms with Crippen molar-refractivity contribution in [3.05, 3.63) is 27.1 Å². The first-order valence-corrected chi connectivity index (χ1v) is 6.01. The van der Waals surface area contributed by atoms with Gasteiger partial charge in [-0.2, -0.15) is 0 Å². The Labute approximate surface area is 109 Å². The number of hydrogen-bond donors (Lipinski definition) is 0. The molecule has 0 bridgehead atoms. The van der Waals surface area contributed by atoms with E-state index in [1.54, 1.807) is 6.07 Å². The average molecular weight is 338 g/mol. The van der Waals surface area contributed by atoms with Gasteiger partial charge in [0, 0.05) is 8.95 Å². The van der Waals surface area contributed by atoms with Crippen molar-refractivity contribution in [3.8, 4) is 0 Å². The summed E-state index contributed by atoms with van der Waals surface area (Å²) in [7, 11) is -4.63. The molecule has 0 aliphatic rings. The Morgan fingerprint density at radius 1 is 0.923 bits per heavy atom. The van der Waals surface area contributed by atoms with E-state index in [2.05, 4.69) is 31.9 Å². The minimum absolute atomic E-state index is 0. The molecule has 0 aliphatic carbocycles. The van der Waals surface area contributed by atoms with Crippen molar-refractivity contribution in [1.29, 1.82) is 0 Å². The Bertz CT molecular complexity index is 282. The van der Waals surface area contributed by atoms with E-state index >= 15 is 0 Å². The zero-order chi connectivity index (χ0) is 9.35. The van der Waals surface area contributed by atoms with Gasteiger partial charge in [-0.15, -0.1) is 7.94 Å². The molecule has 0 amide bonds. The molecule has 0 aromatic heterocycles. The first kappa shape index (κ1) is 14.3. The fourth-order valence-corrected chi connectivity index (χ4v) is 2.94. The van der Waals surface area contributed by atoms with E-state index in [1.807, 2.05) is 0 Å². The number of halogens is 2. The number of hydrogen-bond acceptors (Lipinski definition) is 3. The molecule has 1 rings (SSSR count). The van der Waals surface area contributed by atoms with Crippen molar-refractivity contribution in [1.82, 2.24) is 0 Å². The fraction of sp³-hybridized carbons (Fsp3) is 0. The Balaban J connectivity index is 0.00000144. The van der Waals surface area contributed by atoms with Crippen LogP contribution in [0.15, 0.2) is 27.1 Å². The van der Waals surface area contributed by atoms with E-state index in [4.69, 9.17) is 0 Å². The van der Waals surface area contributed by atoms with Crippen LogP contribution in [0, 0.1) is 0 Å². The van der Waals surface area contributed by atoms with Gasteiger partial charge in [-0.3, -0.25) is 0 Å². The monoisotopic (exact) mass is 336 g/mol. The molecule has 0 unspecified atom stereocenters. The van der Waals surface area contributed by atoms with Crippen molar-refractivity contribution in [2.75, 3.05) is 0 Å². The molecule has 0 fully saturated rings. The summed E-state index contributed by atoms with van der Waals surface area (Å²) in [6, 6.07) is 4.19. The normalized spacial score (nSPS) is 10.8. The molecule has 0 atom stereocenters. The zero-order valence-electron chi connectivity index (χ0n) is 6.37. The molecule has 0 radical (unpaired) electrons. The van der Waals surface area contributed by atoms with E-state index in [0.29, 0.717) is 8.95 Å². The van der Waals surface area contributed by atoms with Crippen LogP contribution in [0.2, 0.25) is 0 Å². The van der Waals surface area contributed by atoms with Crippen LogP contribution in [-0.4, -0.2) is 23.1 Å². The van der Waals surface area contributed by atoms with E-state index in [9.17, 15) is 14.7 Å².